The summed E-state index contributed by atoms with van der Waals surface area (Å²) in [7, 11) is 2.19. The first-order valence-corrected chi connectivity index (χ1v) is 17.4. The zero-order chi connectivity index (χ0) is 32.1. The molecule has 1 aliphatic heterocycles. The van der Waals surface area contributed by atoms with Crippen molar-refractivity contribution in [1.82, 2.24) is 4.90 Å². The van der Waals surface area contributed by atoms with Gasteiger partial charge in [-0.05, 0) is 81.5 Å². The van der Waals surface area contributed by atoms with E-state index in [4.69, 9.17) is 9.98 Å². The Hall–Kier alpha value is -5.28. The van der Waals surface area contributed by atoms with Crippen LogP contribution in [0.4, 0.5) is 0 Å². The van der Waals surface area contributed by atoms with Crippen molar-refractivity contribution in [3.63, 3.8) is 0 Å². The number of benzene rings is 5. The number of fused-ring (bicyclic) bond motifs is 5. The minimum absolute atomic E-state index is 0.138. The van der Waals surface area contributed by atoms with Crippen LogP contribution in [0.15, 0.2) is 161 Å². The lowest BCUT2D eigenvalue weighted by atomic mass is 9.74. The maximum absolute atomic E-state index is 5.44. The van der Waals surface area contributed by atoms with E-state index in [0.29, 0.717) is 0 Å². The Balaban J connectivity index is 1.16. The lowest BCUT2D eigenvalue weighted by Crippen LogP contribution is -2.39. The molecule has 9 rings (SSSR count). The molecule has 1 spiro atoms. The normalized spacial score (nSPS) is 20.8. The molecule has 2 unspecified atom stereocenters. The van der Waals surface area contributed by atoms with Gasteiger partial charge in [0.25, 0.3) is 0 Å². The van der Waals surface area contributed by atoms with E-state index in [-0.39, 0.29) is 17.5 Å². The van der Waals surface area contributed by atoms with Crippen LogP contribution in [0.1, 0.15) is 60.5 Å². The van der Waals surface area contributed by atoms with Crippen molar-refractivity contribution in [3.05, 3.63) is 173 Å². The van der Waals surface area contributed by atoms with Gasteiger partial charge in [0, 0.05) is 23.9 Å². The highest BCUT2D eigenvalue weighted by Gasteiger charge is 2.48. The van der Waals surface area contributed by atoms with Crippen LogP contribution >= 0.6 is 0 Å². The summed E-state index contributed by atoms with van der Waals surface area (Å²) in [5.41, 5.74) is 13.1. The maximum atomic E-state index is 5.44. The van der Waals surface area contributed by atoms with E-state index in [9.17, 15) is 0 Å². The van der Waals surface area contributed by atoms with Crippen LogP contribution in [0, 0.1) is 5.92 Å². The van der Waals surface area contributed by atoms with E-state index in [1.54, 1.807) is 0 Å². The summed E-state index contributed by atoms with van der Waals surface area (Å²) in [5.74, 6) is 2.06. The van der Waals surface area contributed by atoms with E-state index in [1.165, 1.54) is 75.8 Å². The van der Waals surface area contributed by atoms with Crippen LogP contribution in [-0.4, -0.2) is 23.6 Å². The van der Waals surface area contributed by atoms with E-state index in [2.05, 4.69) is 158 Å². The summed E-state index contributed by atoms with van der Waals surface area (Å²) >= 11 is 0. The summed E-state index contributed by atoms with van der Waals surface area (Å²) < 4.78 is 0. The van der Waals surface area contributed by atoms with Crippen LogP contribution < -0.4 is 0 Å². The fraction of sp³-hybridized carbons (Fsp3) is 0.200. The number of amidine groups is 2. The molecule has 0 saturated heterocycles. The molecule has 1 saturated carbocycles. The smallest absolute Gasteiger partial charge is 0.159 e. The van der Waals surface area contributed by atoms with Crippen molar-refractivity contribution in [2.75, 3.05) is 7.05 Å². The lowest BCUT2D eigenvalue weighted by Gasteiger charge is -2.37. The minimum Gasteiger partial charge on any atom is -0.337 e. The van der Waals surface area contributed by atoms with Crippen LogP contribution in [0.5, 0.6) is 0 Å². The molecule has 0 aromatic heterocycles. The summed E-state index contributed by atoms with van der Waals surface area (Å²) in [5, 5.41) is 0. The maximum Gasteiger partial charge on any atom is 0.159 e. The Morgan fingerprint density at radius 1 is 0.646 bits per heavy atom. The molecule has 0 N–H and O–H groups in total. The first-order valence-electron chi connectivity index (χ1n) is 17.4. The average Bonchev–Trinajstić information content (AvgIpc) is 3.76. The molecule has 1 fully saturated rings. The van der Waals surface area contributed by atoms with Crippen LogP contribution in [0.25, 0.3) is 27.8 Å². The fourth-order valence-corrected chi connectivity index (χ4v) is 8.67. The molecular formula is C45H39N3. The topological polar surface area (TPSA) is 28.0 Å². The summed E-state index contributed by atoms with van der Waals surface area (Å²) in [4.78, 5) is 13.2. The standard InChI is InChI=1S/C45H39N3/c1-48-43(36-21-13-19-34(29-36)32-16-6-3-7-17-32)46-42(35-20-12-18-33(28-35)31-14-4-2-5-15-31)47-44(48)37-24-25-39-38-22-8-9-23-40(38)45(41(39)30-37)26-10-11-27-45/h2-9,12-23,25,28-30,37,43H,10-11,24,26-27H2,1H3. The third kappa shape index (κ3) is 4.80. The Bertz CT molecular complexity index is 2130. The molecule has 3 aliphatic carbocycles. The molecule has 5 aromatic rings. The molecule has 48 heavy (non-hydrogen) atoms. The number of allylic oxidation sites excluding steroid dienone is 3. The van der Waals surface area contributed by atoms with Gasteiger partial charge >= 0.3 is 0 Å². The molecule has 234 valence electrons. The molecule has 3 heteroatoms. The SMILES string of the molecule is CN1C(C2C=C3C(=CC2)c2ccccc2C32CCCC2)=NC(c2cccc(-c3ccccc3)c2)=NC1c1cccc(-c2ccccc2)c1. The van der Waals surface area contributed by atoms with Crippen LogP contribution in [0.3, 0.4) is 0 Å². The zero-order valence-corrected chi connectivity index (χ0v) is 27.4. The van der Waals surface area contributed by atoms with Gasteiger partial charge in [-0.2, -0.15) is 0 Å². The highest BCUT2D eigenvalue weighted by Crippen LogP contribution is 2.59. The second-order valence-electron chi connectivity index (χ2n) is 13.7. The Morgan fingerprint density at radius 2 is 1.27 bits per heavy atom. The highest BCUT2D eigenvalue weighted by molar-refractivity contribution is 6.09. The molecule has 0 bridgehead atoms. The van der Waals surface area contributed by atoms with Crippen molar-refractivity contribution >= 4 is 17.2 Å². The third-order valence-electron chi connectivity index (χ3n) is 11.0. The lowest BCUT2D eigenvalue weighted by molar-refractivity contribution is 0.365. The number of hydrogen-bond acceptors (Lipinski definition) is 3. The molecule has 0 amide bonds. The van der Waals surface area contributed by atoms with Gasteiger partial charge in [0.2, 0.25) is 0 Å². The van der Waals surface area contributed by atoms with Gasteiger partial charge in [-0.3, -0.25) is 0 Å². The van der Waals surface area contributed by atoms with Crippen molar-refractivity contribution in [2.45, 2.75) is 43.7 Å². The van der Waals surface area contributed by atoms with Gasteiger partial charge in [-0.25, -0.2) is 9.98 Å². The Morgan fingerprint density at radius 3 is 2.02 bits per heavy atom. The second-order valence-corrected chi connectivity index (χ2v) is 13.7. The van der Waals surface area contributed by atoms with E-state index in [0.717, 1.165) is 23.7 Å². The van der Waals surface area contributed by atoms with Gasteiger partial charge in [-0.15, -0.1) is 0 Å². The van der Waals surface area contributed by atoms with E-state index >= 15 is 0 Å². The molecule has 0 radical (unpaired) electrons. The monoisotopic (exact) mass is 621 g/mol. The molecular weight excluding hydrogens is 583 g/mol. The second kappa shape index (κ2) is 11.8. The van der Waals surface area contributed by atoms with Crippen LogP contribution in [0.2, 0.25) is 0 Å². The largest absolute Gasteiger partial charge is 0.337 e. The zero-order valence-electron chi connectivity index (χ0n) is 27.4. The van der Waals surface area contributed by atoms with Crippen LogP contribution in [-0.2, 0) is 5.41 Å². The molecule has 2 atom stereocenters. The summed E-state index contributed by atoms with van der Waals surface area (Å²) in [6.07, 6.45) is 10.9. The average molecular weight is 622 g/mol. The van der Waals surface area contributed by atoms with Crippen molar-refractivity contribution in [2.24, 2.45) is 15.9 Å². The highest BCUT2D eigenvalue weighted by atomic mass is 15.3. The third-order valence-corrected chi connectivity index (χ3v) is 11.0. The van der Waals surface area contributed by atoms with Gasteiger partial charge < -0.3 is 4.90 Å². The van der Waals surface area contributed by atoms with Gasteiger partial charge in [-0.1, -0.05) is 146 Å². The Kier molecular flexibility index (Phi) is 7.08. The summed E-state index contributed by atoms with van der Waals surface area (Å²) in [6.45, 7) is 0. The summed E-state index contributed by atoms with van der Waals surface area (Å²) in [6, 6.07) is 48.0. The predicted octanol–water partition coefficient (Wildman–Crippen LogP) is 10.7. The number of aliphatic imine (C=N–C) groups is 2. The molecule has 1 heterocycles. The minimum atomic E-state index is -0.193. The predicted molar refractivity (Wildman–Crippen MR) is 199 cm³/mol. The van der Waals surface area contributed by atoms with Crippen molar-refractivity contribution < 1.29 is 0 Å². The molecule has 4 aliphatic rings. The van der Waals surface area contributed by atoms with Crippen molar-refractivity contribution in [1.29, 1.82) is 0 Å². The van der Waals surface area contributed by atoms with E-state index in [1.807, 2.05) is 0 Å². The van der Waals surface area contributed by atoms with Gasteiger partial charge in [0.1, 0.15) is 12.0 Å². The van der Waals surface area contributed by atoms with Gasteiger partial charge in [0.15, 0.2) is 5.84 Å². The first-order chi connectivity index (χ1) is 23.7. The van der Waals surface area contributed by atoms with E-state index < -0.39 is 0 Å². The number of hydrogen-bond donors (Lipinski definition) is 0. The first kappa shape index (κ1) is 28.9. The quantitative estimate of drug-likeness (QED) is 0.192. The number of nitrogens with zero attached hydrogens (tertiary/aromatic N) is 3. The number of rotatable bonds is 5. The fourth-order valence-electron chi connectivity index (χ4n) is 8.67. The van der Waals surface area contributed by atoms with Gasteiger partial charge in [0.05, 0.1) is 0 Å². The molecule has 5 aromatic carbocycles. The Labute approximate surface area is 283 Å². The van der Waals surface area contributed by atoms with Crippen molar-refractivity contribution in [3.8, 4) is 22.3 Å². The molecule has 3 nitrogen and oxygen atoms in total.